The van der Waals surface area contributed by atoms with E-state index in [1.165, 1.54) is 6.26 Å². The van der Waals surface area contributed by atoms with Gasteiger partial charge in [0.1, 0.15) is 17.8 Å². The van der Waals surface area contributed by atoms with E-state index < -0.39 is 11.6 Å². The molecule has 1 spiro atoms. The van der Waals surface area contributed by atoms with E-state index in [1.54, 1.807) is 12.1 Å². The molecule has 2 heterocycles. The predicted octanol–water partition coefficient (Wildman–Crippen LogP) is 2.42. The highest BCUT2D eigenvalue weighted by atomic mass is 16.3. The van der Waals surface area contributed by atoms with Gasteiger partial charge in [-0.15, -0.1) is 0 Å². The second-order valence-electron chi connectivity index (χ2n) is 8.40. The van der Waals surface area contributed by atoms with Crippen LogP contribution in [0.2, 0.25) is 0 Å². The highest BCUT2D eigenvalue weighted by molar-refractivity contribution is 6.09. The Labute approximate surface area is 153 Å². The first kappa shape index (κ1) is 18.5. The van der Waals surface area contributed by atoms with Crippen LogP contribution < -0.4 is 10.6 Å². The first-order valence-electron chi connectivity index (χ1n) is 9.14. The third-order valence-electron chi connectivity index (χ3n) is 5.65. The minimum atomic E-state index is -0.833. The third kappa shape index (κ3) is 3.61. The van der Waals surface area contributed by atoms with E-state index >= 15 is 0 Å². The molecular weight excluding hydrogens is 334 g/mol. The van der Waals surface area contributed by atoms with Crippen molar-refractivity contribution in [3.63, 3.8) is 0 Å². The number of nitrogens with zero attached hydrogens (tertiary/aromatic N) is 1. The zero-order valence-electron chi connectivity index (χ0n) is 15.6. The van der Waals surface area contributed by atoms with Crippen LogP contribution in [0.3, 0.4) is 0 Å². The molecule has 2 N–H and O–H groups in total. The molecule has 0 atom stereocenters. The number of urea groups is 1. The van der Waals surface area contributed by atoms with Crippen LogP contribution in [0.5, 0.6) is 0 Å². The Bertz CT molecular complexity index is 682. The lowest BCUT2D eigenvalue weighted by molar-refractivity contribution is -0.136. The quantitative estimate of drug-likeness (QED) is 0.806. The first-order valence-corrected chi connectivity index (χ1v) is 9.14. The summed E-state index contributed by atoms with van der Waals surface area (Å²) in [5.41, 5.74) is -0.640. The van der Waals surface area contributed by atoms with Crippen LogP contribution in [-0.2, 0) is 16.1 Å². The van der Waals surface area contributed by atoms with Gasteiger partial charge in [0.2, 0.25) is 5.91 Å². The van der Waals surface area contributed by atoms with E-state index in [2.05, 4.69) is 31.4 Å². The molecule has 7 nitrogen and oxygen atoms in total. The number of carbonyl (C=O) groups is 3. The Morgan fingerprint density at radius 2 is 2.04 bits per heavy atom. The summed E-state index contributed by atoms with van der Waals surface area (Å²) in [6.07, 6.45) is 4.58. The van der Waals surface area contributed by atoms with Crippen molar-refractivity contribution in [2.75, 3.05) is 6.54 Å². The SMILES string of the molecule is CC(C)(C)C1CCC2(CC1)NC(=O)N(CC(=O)NCc1ccco1)C2=O. The van der Waals surface area contributed by atoms with Gasteiger partial charge in [-0.2, -0.15) is 0 Å². The summed E-state index contributed by atoms with van der Waals surface area (Å²) in [6.45, 7) is 6.59. The van der Waals surface area contributed by atoms with Gasteiger partial charge in [0.05, 0.1) is 12.8 Å². The van der Waals surface area contributed by atoms with Gasteiger partial charge >= 0.3 is 6.03 Å². The molecular formula is C19H27N3O4. The Morgan fingerprint density at radius 3 is 2.62 bits per heavy atom. The van der Waals surface area contributed by atoms with E-state index in [0.717, 1.165) is 17.7 Å². The summed E-state index contributed by atoms with van der Waals surface area (Å²) < 4.78 is 5.15. The molecule has 0 bridgehead atoms. The van der Waals surface area contributed by atoms with Crippen molar-refractivity contribution in [1.82, 2.24) is 15.5 Å². The van der Waals surface area contributed by atoms with Gasteiger partial charge in [-0.25, -0.2) is 4.79 Å². The molecule has 1 aliphatic carbocycles. The molecule has 2 aliphatic rings. The molecule has 0 unspecified atom stereocenters. The summed E-state index contributed by atoms with van der Waals surface area (Å²) in [7, 11) is 0. The van der Waals surface area contributed by atoms with E-state index in [4.69, 9.17) is 4.42 Å². The van der Waals surface area contributed by atoms with Gasteiger partial charge in [0, 0.05) is 0 Å². The molecule has 7 heteroatoms. The van der Waals surface area contributed by atoms with Crippen molar-refractivity contribution >= 4 is 17.8 Å². The van der Waals surface area contributed by atoms with Crippen molar-refractivity contribution in [1.29, 1.82) is 0 Å². The Morgan fingerprint density at radius 1 is 1.35 bits per heavy atom. The van der Waals surface area contributed by atoms with Crippen molar-refractivity contribution in [3.05, 3.63) is 24.2 Å². The highest BCUT2D eigenvalue weighted by Gasteiger charge is 2.53. The van der Waals surface area contributed by atoms with Crippen molar-refractivity contribution in [3.8, 4) is 0 Å². The second kappa shape index (κ2) is 6.78. The Kier molecular flexibility index (Phi) is 4.82. The van der Waals surface area contributed by atoms with Gasteiger partial charge < -0.3 is 15.1 Å². The first-order chi connectivity index (χ1) is 12.2. The standard InChI is InChI=1S/C19H27N3O4/c1-18(2,3)13-6-8-19(9-7-13)16(24)22(17(25)21-19)12-15(23)20-11-14-5-4-10-26-14/h4-5,10,13H,6-9,11-12H2,1-3H3,(H,20,23)(H,21,25). The summed E-state index contributed by atoms with van der Waals surface area (Å²) in [5, 5.41) is 5.52. The summed E-state index contributed by atoms with van der Waals surface area (Å²) in [5.74, 6) is 0.490. The maximum Gasteiger partial charge on any atom is 0.325 e. The molecule has 1 aromatic heterocycles. The molecule has 0 radical (unpaired) electrons. The number of furan rings is 1. The van der Waals surface area contributed by atoms with Crippen molar-refractivity contribution in [2.45, 2.75) is 58.5 Å². The molecule has 3 rings (SSSR count). The molecule has 4 amide bonds. The summed E-state index contributed by atoms with van der Waals surface area (Å²) in [4.78, 5) is 38.3. The zero-order chi connectivity index (χ0) is 18.9. The van der Waals surface area contributed by atoms with Crippen molar-refractivity contribution in [2.24, 2.45) is 11.3 Å². The Balaban J connectivity index is 1.58. The molecule has 1 saturated heterocycles. The van der Waals surface area contributed by atoms with Crippen LogP contribution in [0.25, 0.3) is 0 Å². The van der Waals surface area contributed by atoms with Crippen molar-refractivity contribution < 1.29 is 18.8 Å². The monoisotopic (exact) mass is 361 g/mol. The van der Waals surface area contributed by atoms with Crippen LogP contribution in [0.4, 0.5) is 4.79 Å². The molecule has 1 aromatic rings. The number of hydrogen-bond donors (Lipinski definition) is 2. The van der Waals surface area contributed by atoms with Gasteiger partial charge in [0.15, 0.2) is 0 Å². The molecule has 0 aromatic carbocycles. The minimum absolute atomic E-state index is 0.193. The van der Waals surface area contributed by atoms with Crippen LogP contribution in [0, 0.1) is 11.3 Å². The van der Waals surface area contributed by atoms with Crippen LogP contribution in [0.15, 0.2) is 22.8 Å². The summed E-state index contributed by atoms with van der Waals surface area (Å²) in [6, 6.07) is 3.00. The maximum absolute atomic E-state index is 12.9. The number of rotatable bonds is 4. The normalized spacial score (nSPS) is 26.3. The van der Waals surface area contributed by atoms with E-state index in [9.17, 15) is 14.4 Å². The maximum atomic E-state index is 12.9. The van der Waals surface area contributed by atoms with Gasteiger partial charge in [-0.3, -0.25) is 14.5 Å². The molecule has 142 valence electrons. The zero-order valence-corrected chi connectivity index (χ0v) is 15.6. The minimum Gasteiger partial charge on any atom is -0.467 e. The highest BCUT2D eigenvalue weighted by Crippen LogP contribution is 2.43. The van der Waals surface area contributed by atoms with Crippen LogP contribution in [-0.4, -0.2) is 34.8 Å². The fraction of sp³-hybridized carbons (Fsp3) is 0.632. The third-order valence-corrected chi connectivity index (χ3v) is 5.65. The molecule has 1 aliphatic heterocycles. The smallest absolute Gasteiger partial charge is 0.325 e. The average molecular weight is 361 g/mol. The average Bonchev–Trinajstić information content (AvgIpc) is 3.16. The lowest BCUT2D eigenvalue weighted by Crippen LogP contribution is -2.51. The fourth-order valence-corrected chi connectivity index (χ4v) is 3.93. The van der Waals surface area contributed by atoms with Gasteiger partial charge in [-0.1, -0.05) is 20.8 Å². The lowest BCUT2D eigenvalue weighted by atomic mass is 9.67. The Hall–Kier alpha value is -2.31. The van der Waals surface area contributed by atoms with E-state index in [1.807, 2.05) is 0 Å². The number of hydrogen-bond acceptors (Lipinski definition) is 4. The number of imide groups is 1. The molecule has 26 heavy (non-hydrogen) atoms. The molecule has 2 fully saturated rings. The van der Waals surface area contributed by atoms with Gasteiger partial charge in [-0.05, 0) is 49.1 Å². The van der Waals surface area contributed by atoms with E-state index in [0.29, 0.717) is 24.5 Å². The number of amides is 4. The largest absolute Gasteiger partial charge is 0.467 e. The van der Waals surface area contributed by atoms with E-state index in [-0.39, 0.29) is 30.3 Å². The molecule has 1 saturated carbocycles. The lowest BCUT2D eigenvalue weighted by Gasteiger charge is -2.40. The van der Waals surface area contributed by atoms with Crippen LogP contribution in [0.1, 0.15) is 52.2 Å². The van der Waals surface area contributed by atoms with Gasteiger partial charge in [0.25, 0.3) is 5.91 Å². The number of carbonyl (C=O) groups excluding carboxylic acids is 3. The predicted molar refractivity (Wildman–Crippen MR) is 94.9 cm³/mol. The fourth-order valence-electron chi connectivity index (χ4n) is 3.93. The topological polar surface area (TPSA) is 91.7 Å². The second-order valence-corrected chi connectivity index (χ2v) is 8.40. The number of nitrogens with one attached hydrogen (secondary N) is 2. The summed E-state index contributed by atoms with van der Waals surface area (Å²) >= 11 is 0. The van der Waals surface area contributed by atoms with Crippen LogP contribution >= 0.6 is 0 Å².